The smallest absolute Gasteiger partial charge is 0.150 e. The number of anilines is 1. The normalized spacial score (nSPS) is 11.4. The molecular weight excluding hydrogens is 398 g/mol. The van der Waals surface area contributed by atoms with Gasteiger partial charge < -0.3 is 10.1 Å². The highest BCUT2D eigenvalue weighted by atomic mass is 79.9. The quantitative estimate of drug-likeness (QED) is 0.694. The molecule has 0 aliphatic rings. The maximum atomic E-state index is 11.4. The molecule has 0 unspecified atom stereocenters. The minimum absolute atomic E-state index is 0.197. The summed E-state index contributed by atoms with van der Waals surface area (Å²) in [7, 11) is -1.28. The summed E-state index contributed by atoms with van der Waals surface area (Å²) in [5.74, 6) is 1.14. The zero-order valence-corrected chi connectivity index (χ0v) is 14.9. The average molecular weight is 415 g/mol. The molecule has 0 aromatic heterocycles. The molecule has 1 N–H and O–H groups in total. The van der Waals surface area contributed by atoms with Gasteiger partial charge in [-0.25, -0.2) is 8.42 Å². The van der Waals surface area contributed by atoms with Crippen LogP contribution in [0, 0.1) is 0 Å². The van der Waals surface area contributed by atoms with E-state index in [0.29, 0.717) is 13.0 Å². The first-order valence-corrected chi connectivity index (χ1v) is 9.27. The second kappa shape index (κ2) is 7.50. The van der Waals surface area contributed by atoms with Gasteiger partial charge in [0.15, 0.2) is 0 Å². The summed E-state index contributed by atoms with van der Waals surface area (Å²) in [5.41, 5.74) is 0.883. The van der Waals surface area contributed by atoms with Crippen molar-refractivity contribution in [3.63, 3.8) is 0 Å². The van der Waals surface area contributed by atoms with E-state index in [2.05, 4.69) is 37.2 Å². The molecule has 0 fully saturated rings. The number of methoxy groups -OCH3 is 1. The van der Waals surface area contributed by atoms with Gasteiger partial charge in [0.2, 0.25) is 0 Å². The van der Waals surface area contributed by atoms with Crippen molar-refractivity contribution in [3.05, 3.63) is 21.1 Å². The van der Waals surface area contributed by atoms with E-state index in [1.54, 1.807) is 14.0 Å². The van der Waals surface area contributed by atoms with Crippen LogP contribution in [-0.4, -0.2) is 33.6 Å². The molecule has 0 spiro atoms. The van der Waals surface area contributed by atoms with Crippen molar-refractivity contribution in [1.29, 1.82) is 0 Å². The van der Waals surface area contributed by atoms with Gasteiger partial charge in [0.25, 0.3) is 0 Å². The van der Waals surface area contributed by atoms with Crippen LogP contribution in [-0.2, 0) is 9.84 Å². The van der Waals surface area contributed by atoms with E-state index in [9.17, 15) is 8.42 Å². The predicted octanol–water partition coefficient (Wildman–Crippen LogP) is 3.46. The third kappa shape index (κ3) is 5.31. The Morgan fingerprint density at radius 1 is 1.26 bits per heavy atom. The Bertz CT molecular complexity index is 532. The van der Waals surface area contributed by atoms with Crippen LogP contribution in [0.2, 0.25) is 0 Å². The molecule has 0 aliphatic carbocycles. The lowest BCUT2D eigenvalue weighted by atomic mass is 10.3. The molecule has 7 heteroatoms. The van der Waals surface area contributed by atoms with Crippen LogP contribution >= 0.6 is 31.9 Å². The van der Waals surface area contributed by atoms with E-state index < -0.39 is 9.84 Å². The fraction of sp³-hybridized carbons (Fsp3) is 0.500. The van der Waals surface area contributed by atoms with Crippen molar-refractivity contribution in [2.75, 3.05) is 30.5 Å². The molecule has 1 rings (SSSR count). The number of rotatable bonds is 7. The monoisotopic (exact) mass is 413 g/mol. The number of hydrogen-bond donors (Lipinski definition) is 1. The highest BCUT2D eigenvalue weighted by molar-refractivity contribution is 9.11. The third-order valence-electron chi connectivity index (χ3n) is 2.63. The Morgan fingerprint density at radius 3 is 2.53 bits per heavy atom. The van der Waals surface area contributed by atoms with Gasteiger partial charge in [-0.15, -0.1) is 0 Å². The van der Waals surface area contributed by atoms with Crippen molar-refractivity contribution in [1.82, 2.24) is 0 Å². The first-order valence-electron chi connectivity index (χ1n) is 5.87. The van der Waals surface area contributed by atoms with Crippen molar-refractivity contribution in [3.8, 4) is 5.75 Å². The third-order valence-corrected chi connectivity index (χ3v) is 5.70. The molecule has 108 valence electrons. The second-order valence-electron chi connectivity index (χ2n) is 3.98. The van der Waals surface area contributed by atoms with Crippen molar-refractivity contribution >= 4 is 47.4 Å². The Labute approximate surface area is 131 Å². The Morgan fingerprint density at radius 2 is 1.95 bits per heavy atom. The van der Waals surface area contributed by atoms with Crippen LogP contribution in [0.3, 0.4) is 0 Å². The number of halogens is 2. The average Bonchev–Trinajstić information content (AvgIpc) is 2.36. The highest BCUT2D eigenvalue weighted by Crippen LogP contribution is 2.34. The van der Waals surface area contributed by atoms with Crippen molar-refractivity contribution < 1.29 is 13.2 Å². The predicted molar refractivity (Wildman–Crippen MR) is 85.8 cm³/mol. The molecule has 19 heavy (non-hydrogen) atoms. The van der Waals surface area contributed by atoms with Crippen LogP contribution in [0.15, 0.2) is 21.1 Å². The van der Waals surface area contributed by atoms with E-state index in [0.717, 1.165) is 20.4 Å². The second-order valence-corrected chi connectivity index (χ2v) is 8.16. The standard InChI is InChI=1S/C12H17Br2NO3S/c1-3-19(16,17)6-4-5-15-11-8-12(18-2)10(14)7-9(11)13/h7-8,15H,3-6H2,1-2H3. The van der Waals surface area contributed by atoms with E-state index in [1.165, 1.54) is 0 Å². The van der Waals surface area contributed by atoms with Crippen LogP contribution in [0.25, 0.3) is 0 Å². The molecule has 0 bridgehead atoms. The zero-order chi connectivity index (χ0) is 14.5. The van der Waals surface area contributed by atoms with Gasteiger partial charge >= 0.3 is 0 Å². The van der Waals surface area contributed by atoms with Crippen LogP contribution in [0.1, 0.15) is 13.3 Å². The molecule has 0 saturated carbocycles. The fourth-order valence-corrected chi connectivity index (χ4v) is 3.65. The maximum Gasteiger partial charge on any atom is 0.150 e. The summed E-state index contributed by atoms with van der Waals surface area (Å²) in [6, 6.07) is 3.76. The topological polar surface area (TPSA) is 55.4 Å². The van der Waals surface area contributed by atoms with Crippen molar-refractivity contribution in [2.24, 2.45) is 0 Å². The molecule has 1 aromatic carbocycles. The largest absolute Gasteiger partial charge is 0.495 e. The molecule has 0 saturated heterocycles. The molecule has 0 heterocycles. The number of nitrogens with one attached hydrogen (secondary N) is 1. The number of ether oxygens (including phenoxy) is 1. The summed E-state index contributed by atoms with van der Waals surface area (Å²) in [4.78, 5) is 0. The van der Waals surface area contributed by atoms with Crippen molar-refractivity contribution in [2.45, 2.75) is 13.3 Å². The molecule has 1 aromatic rings. The summed E-state index contributed by atoms with van der Waals surface area (Å²) in [6.45, 7) is 2.27. The van der Waals surface area contributed by atoms with E-state index in [1.807, 2.05) is 12.1 Å². The van der Waals surface area contributed by atoms with Gasteiger partial charge in [-0.1, -0.05) is 6.92 Å². The van der Waals surface area contributed by atoms with E-state index in [-0.39, 0.29) is 11.5 Å². The van der Waals surface area contributed by atoms with E-state index in [4.69, 9.17) is 4.74 Å². The minimum Gasteiger partial charge on any atom is -0.495 e. The zero-order valence-electron chi connectivity index (χ0n) is 10.9. The summed E-state index contributed by atoms with van der Waals surface area (Å²) in [5, 5.41) is 3.20. The van der Waals surface area contributed by atoms with Gasteiger partial charge in [-0.3, -0.25) is 0 Å². The van der Waals surface area contributed by atoms with Crippen LogP contribution in [0.4, 0.5) is 5.69 Å². The summed E-state index contributed by atoms with van der Waals surface area (Å²) in [6.07, 6.45) is 0.584. The lowest BCUT2D eigenvalue weighted by molar-refractivity contribution is 0.412. The SMILES string of the molecule is CCS(=O)(=O)CCCNc1cc(OC)c(Br)cc1Br. The van der Waals surface area contributed by atoms with E-state index >= 15 is 0 Å². The number of sulfone groups is 1. The summed E-state index contributed by atoms with van der Waals surface area (Å²) >= 11 is 6.85. The Hall–Kier alpha value is -0.270. The molecule has 0 radical (unpaired) electrons. The highest BCUT2D eigenvalue weighted by Gasteiger charge is 2.09. The van der Waals surface area contributed by atoms with Crippen LogP contribution < -0.4 is 10.1 Å². The fourth-order valence-electron chi connectivity index (χ4n) is 1.48. The number of benzene rings is 1. The lowest BCUT2D eigenvalue weighted by Crippen LogP contribution is -2.13. The molecule has 0 atom stereocenters. The van der Waals surface area contributed by atoms with Gasteiger partial charge in [0, 0.05) is 22.8 Å². The minimum atomic E-state index is -2.89. The first kappa shape index (κ1) is 16.8. The lowest BCUT2D eigenvalue weighted by Gasteiger charge is -2.11. The molecule has 0 aliphatic heterocycles. The first-order chi connectivity index (χ1) is 8.89. The Balaban J connectivity index is 2.59. The van der Waals surface area contributed by atoms with Gasteiger partial charge in [0.1, 0.15) is 15.6 Å². The summed E-state index contributed by atoms with van der Waals surface area (Å²) < 4.78 is 29.7. The van der Waals surface area contributed by atoms with Gasteiger partial charge in [-0.2, -0.15) is 0 Å². The van der Waals surface area contributed by atoms with Gasteiger partial charge in [-0.05, 0) is 44.3 Å². The Kier molecular flexibility index (Phi) is 6.62. The van der Waals surface area contributed by atoms with Gasteiger partial charge in [0.05, 0.1) is 23.0 Å². The number of hydrogen-bond acceptors (Lipinski definition) is 4. The molecular formula is C12H17Br2NO3S. The molecule has 0 amide bonds. The molecule has 4 nitrogen and oxygen atoms in total. The van der Waals surface area contributed by atoms with Crippen LogP contribution in [0.5, 0.6) is 5.75 Å². The maximum absolute atomic E-state index is 11.4.